The molecule has 17 heavy (non-hydrogen) atoms. The van der Waals surface area contributed by atoms with E-state index in [0.717, 1.165) is 6.29 Å². The number of ether oxygens (including phenoxy) is 2. The van der Waals surface area contributed by atoms with Crippen molar-refractivity contribution in [1.29, 1.82) is 0 Å². The van der Waals surface area contributed by atoms with Gasteiger partial charge in [0.15, 0.2) is 17.3 Å². The Balaban J connectivity index is 3.38. The topological polar surface area (TPSA) is 35.5 Å². The molecule has 0 aromatic heterocycles. The zero-order valence-electron chi connectivity index (χ0n) is 9.92. The van der Waals surface area contributed by atoms with Gasteiger partial charge in [-0.1, -0.05) is 18.5 Å². The zero-order valence-corrected chi connectivity index (χ0v) is 10.7. The highest BCUT2D eigenvalue weighted by Gasteiger charge is 2.22. The van der Waals surface area contributed by atoms with Crippen LogP contribution in [0.25, 0.3) is 0 Å². The standard InChI is InChI=1S/C12H14ClFO3/c1-7(4-5-15)8-6-9(13)10(14)12(17-3)11(8)16-2/h5-7H,4H2,1-3H3. The second kappa shape index (κ2) is 5.87. The molecule has 0 saturated heterocycles. The summed E-state index contributed by atoms with van der Waals surface area (Å²) in [6, 6.07) is 1.46. The molecule has 1 aromatic rings. The minimum atomic E-state index is -0.659. The van der Waals surface area contributed by atoms with Crippen LogP contribution in [0.5, 0.6) is 11.5 Å². The lowest BCUT2D eigenvalue weighted by Crippen LogP contribution is -2.03. The second-order valence-electron chi connectivity index (χ2n) is 3.63. The number of hydrogen-bond acceptors (Lipinski definition) is 3. The van der Waals surface area contributed by atoms with Gasteiger partial charge >= 0.3 is 0 Å². The first kappa shape index (κ1) is 13.8. The maximum Gasteiger partial charge on any atom is 0.198 e. The van der Waals surface area contributed by atoms with Gasteiger partial charge in [0.05, 0.1) is 19.2 Å². The van der Waals surface area contributed by atoms with Gasteiger partial charge < -0.3 is 14.3 Å². The predicted molar refractivity (Wildman–Crippen MR) is 63.6 cm³/mol. The Morgan fingerprint density at radius 2 is 2.00 bits per heavy atom. The van der Waals surface area contributed by atoms with Gasteiger partial charge in [-0.15, -0.1) is 0 Å². The molecular formula is C12H14ClFO3. The van der Waals surface area contributed by atoms with Crippen LogP contribution in [0.15, 0.2) is 6.07 Å². The monoisotopic (exact) mass is 260 g/mol. The number of methoxy groups -OCH3 is 2. The fourth-order valence-corrected chi connectivity index (χ4v) is 1.84. The van der Waals surface area contributed by atoms with Crippen molar-refractivity contribution in [2.75, 3.05) is 14.2 Å². The van der Waals surface area contributed by atoms with E-state index in [2.05, 4.69) is 0 Å². The molecule has 5 heteroatoms. The van der Waals surface area contributed by atoms with Crippen molar-refractivity contribution in [3.05, 3.63) is 22.5 Å². The summed E-state index contributed by atoms with van der Waals surface area (Å²) in [5, 5.41) is -0.0459. The highest BCUT2D eigenvalue weighted by atomic mass is 35.5. The molecule has 1 rings (SSSR count). The quantitative estimate of drug-likeness (QED) is 0.763. The third kappa shape index (κ3) is 2.69. The van der Waals surface area contributed by atoms with E-state index in [-0.39, 0.29) is 22.4 Å². The van der Waals surface area contributed by atoms with Crippen LogP contribution in [0.2, 0.25) is 5.02 Å². The fourth-order valence-electron chi connectivity index (χ4n) is 1.63. The molecule has 0 heterocycles. The van der Waals surface area contributed by atoms with Crippen molar-refractivity contribution >= 4 is 17.9 Å². The third-order valence-corrected chi connectivity index (χ3v) is 2.82. The normalized spacial score (nSPS) is 12.1. The van der Waals surface area contributed by atoms with Crippen LogP contribution >= 0.6 is 11.6 Å². The highest BCUT2D eigenvalue weighted by Crippen LogP contribution is 2.41. The summed E-state index contributed by atoms with van der Waals surface area (Å²) in [5.41, 5.74) is 0.655. The lowest BCUT2D eigenvalue weighted by Gasteiger charge is -2.17. The summed E-state index contributed by atoms with van der Waals surface area (Å²) >= 11 is 5.77. The molecule has 0 aliphatic heterocycles. The summed E-state index contributed by atoms with van der Waals surface area (Å²) in [4.78, 5) is 10.5. The molecule has 0 bridgehead atoms. The average Bonchev–Trinajstić information content (AvgIpc) is 2.32. The van der Waals surface area contributed by atoms with Gasteiger partial charge in [0.2, 0.25) is 0 Å². The SMILES string of the molecule is COc1c(C(C)CC=O)cc(Cl)c(F)c1OC. The van der Waals surface area contributed by atoms with E-state index in [1.54, 1.807) is 0 Å². The summed E-state index contributed by atoms with van der Waals surface area (Å²) in [5.74, 6) is -0.529. The molecule has 0 spiro atoms. The molecule has 1 atom stereocenters. The van der Waals surface area contributed by atoms with Crippen molar-refractivity contribution in [1.82, 2.24) is 0 Å². The van der Waals surface area contributed by atoms with E-state index >= 15 is 0 Å². The number of aldehydes is 1. The van der Waals surface area contributed by atoms with Crippen LogP contribution in [0.3, 0.4) is 0 Å². The Bertz CT molecular complexity index is 421. The summed E-state index contributed by atoms with van der Waals surface area (Å²) in [6.07, 6.45) is 1.11. The molecule has 0 amide bonds. The predicted octanol–water partition coefficient (Wildman–Crippen LogP) is 3.19. The molecule has 1 unspecified atom stereocenters. The lowest BCUT2D eigenvalue weighted by atomic mass is 9.97. The Kier molecular flexibility index (Phi) is 4.75. The Morgan fingerprint density at radius 1 is 1.41 bits per heavy atom. The summed E-state index contributed by atoms with van der Waals surface area (Å²) in [6.45, 7) is 1.83. The van der Waals surface area contributed by atoms with E-state index in [1.807, 2.05) is 6.92 Å². The molecule has 1 aromatic carbocycles. The molecule has 0 aliphatic rings. The van der Waals surface area contributed by atoms with Crippen LogP contribution in [-0.2, 0) is 4.79 Å². The molecular weight excluding hydrogens is 247 g/mol. The number of hydrogen-bond donors (Lipinski definition) is 0. The average molecular weight is 261 g/mol. The third-order valence-electron chi connectivity index (χ3n) is 2.55. The van der Waals surface area contributed by atoms with E-state index in [4.69, 9.17) is 21.1 Å². The minimum Gasteiger partial charge on any atom is -0.492 e. The largest absolute Gasteiger partial charge is 0.492 e. The molecule has 0 radical (unpaired) electrons. The first-order valence-corrected chi connectivity index (χ1v) is 5.48. The second-order valence-corrected chi connectivity index (χ2v) is 4.04. The highest BCUT2D eigenvalue weighted by molar-refractivity contribution is 6.31. The molecule has 0 aliphatic carbocycles. The van der Waals surface area contributed by atoms with Crippen LogP contribution in [0, 0.1) is 5.82 Å². The van der Waals surface area contributed by atoms with Gasteiger partial charge in [0.1, 0.15) is 6.29 Å². The fraction of sp³-hybridized carbons (Fsp3) is 0.417. The van der Waals surface area contributed by atoms with E-state index in [1.165, 1.54) is 20.3 Å². The van der Waals surface area contributed by atoms with Crippen LogP contribution in [-0.4, -0.2) is 20.5 Å². The first-order chi connectivity index (χ1) is 8.06. The first-order valence-electron chi connectivity index (χ1n) is 5.10. The molecule has 0 saturated carbocycles. The Hall–Kier alpha value is -1.29. The van der Waals surface area contributed by atoms with Crippen molar-refractivity contribution in [3.63, 3.8) is 0 Å². The molecule has 3 nitrogen and oxygen atoms in total. The number of carbonyl (C=O) groups is 1. The van der Waals surface area contributed by atoms with E-state index in [9.17, 15) is 9.18 Å². The maximum absolute atomic E-state index is 13.7. The van der Waals surface area contributed by atoms with E-state index in [0.29, 0.717) is 12.0 Å². The van der Waals surface area contributed by atoms with Gasteiger partial charge in [-0.2, -0.15) is 0 Å². The molecule has 0 N–H and O–H groups in total. The zero-order chi connectivity index (χ0) is 13.0. The van der Waals surface area contributed by atoms with Crippen LogP contribution < -0.4 is 9.47 Å². The van der Waals surface area contributed by atoms with Crippen LogP contribution in [0.1, 0.15) is 24.8 Å². The van der Waals surface area contributed by atoms with Gasteiger partial charge in [-0.25, -0.2) is 4.39 Å². The van der Waals surface area contributed by atoms with Crippen molar-refractivity contribution < 1.29 is 18.7 Å². The molecule has 0 fully saturated rings. The minimum absolute atomic E-state index is 0.0345. The van der Waals surface area contributed by atoms with Gasteiger partial charge in [0.25, 0.3) is 0 Å². The maximum atomic E-state index is 13.7. The van der Waals surface area contributed by atoms with Crippen molar-refractivity contribution in [2.24, 2.45) is 0 Å². The lowest BCUT2D eigenvalue weighted by molar-refractivity contribution is -0.108. The summed E-state index contributed by atoms with van der Waals surface area (Å²) in [7, 11) is 2.76. The molecule has 94 valence electrons. The van der Waals surface area contributed by atoms with Gasteiger partial charge in [0, 0.05) is 12.0 Å². The number of benzene rings is 1. The summed E-state index contributed by atoms with van der Waals surface area (Å²) < 4.78 is 23.7. The Labute approximate surface area is 104 Å². The Morgan fingerprint density at radius 3 is 2.47 bits per heavy atom. The smallest absolute Gasteiger partial charge is 0.198 e. The van der Waals surface area contributed by atoms with E-state index < -0.39 is 5.82 Å². The van der Waals surface area contributed by atoms with Crippen molar-refractivity contribution in [3.8, 4) is 11.5 Å². The van der Waals surface area contributed by atoms with Gasteiger partial charge in [-0.3, -0.25) is 0 Å². The van der Waals surface area contributed by atoms with Crippen molar-refractivity contribution in [2.45, 2.75) is 19.3 Å². The number of halogens is 2. The van der Waals surface area contributed by atoms with Gasteiger partial charge in [-0.05, 0) is 12.0 Å². The number of carbonyl (C=O) groups excluding carboxylic acids is 1. The van der Waals surface area contributed by atoms with Crippen LogP contribution in [0.4, 0.5) is 4.39 Å². The number of rotatable bonds is 5.